The molecule has 1 heterocycles. The highest BCUT2D eigenvalue weighted by Gasteiger charge is 2.26. The second-order valence-corrected chi connectivity index (χ2v) is 6.45. The molecule has 102 valence electrons. The number of hydrogen-bond donors (Lipinski definition) is 1. The first kappa shape index (κ1) is 15.0. The third kappa shape index (κ3) is 5.87. The summed E-state index contributed by atoms with van der Waals surface area (Å²) in [6.07, 6.45) is 8.13. The number of unbranched alkanes of at least 4 members (excludes halogenated alkanes) is 3. The molecule has 0 aromatic carbocycles. The minimum Gasteiger partial charge on any atom is -0.314 e. The number of likely N-dealkylation sites (tertiary alicyclic amines) is 1. The first-order chi connectivity index (χ1) is 8.04. The average molecular weight is 240 g/mol. The number of nitrogens with zero attached hydrogens (tertiary/aromatic N) is 1. The molecule has 2 nitrogen and oxygen atoms in total. The van der Waals surface area contributed by atoms with Gasteiger partial charge in [0.1, 0.15) is 0 Å². The molecule has 0 aromatic rings. The molecule has 0 radical (unpaired) electrons. The van der Waals surface area contributed by atoms with Crippen LogP contribution in [0.15, 0.2) is 0 Å². The lowest BCUT2D eigenvalue weighted by molar-refractivity contribution is 0.0963. The van der Waals surface area contributed by atoms with Crippen LogP contribution in [0.2, 0.25) is 0 Å². The van der Waals surface area contributed by atoms with Crippen molar-refractivity contribution in [3.63, 3.8) is 0 Å². The van der Waals surface area contributed by atoms with Crippen molar-refractivity contribution in [1.82, 2.24) is 10.2 Å². The summed E-state index contributed by atoms with van der Waals surface area (Å²) < 4.78 is 0. The Bertz CT molecular complexity index is 188. The van der Waals surface area contributed by atoms with E-state index in [1.165, 1.54) is 58.2 Å². The topological polar surface area (TPSA) is 15.3 Å². The van der Waals surface area contributed by atoms with Crippen molar-refractivity contribution < 1.29 is 0 Å². The Balaban J connectivity index is 2.07. The lowest BCUT2D eigenvalue weighted by Crippen LogP contribution is -2.50. The van der Waals surface area contributed by atoms with Gasteiger partial charge < -0.3 is 5.32 Å². The Morgan fingerprint density at radius 1 is 1.06 bits per heavy atom. The fraction of sp³-hybridized carbons (Fsp3) is 1.00. The molecule has 1 aliphatic rings. The third-order valence-corrected chi connectivity index (χ3v) is 3.91. The van der Waals surface area contributed by atoms with Gasteiger partial charge in [0.2, 0.25) is 0 Å². The first-order valence-corrected chi connectivity index (χ1v) is 7.52. The summed E-state index contributed by atoms with van der Waals surface area (Å²) in [7, 11) is 0. The van der Waals surface area contributed by atoms with Crippen LogP contribution in [0.25, 0.3) is 0 Å². The van der Waals surface area contributed by atoms with E-state index in [4.69, 9.17) is 0 Å². The van der Waals surface area contributed by atoms with Crippen molar-refractivity contribution in [2.45, 2.75) is 77.8 Å². The van der Waals surface area contributed by atoms with Crippen molar-refractivity contribution in [3.8, 4) is 0 Å². The summed E-state index contributed by atoms with van der Waals surface area (Å²) in [5, 5.41) is 3.73. The minimum atomic E-state index is 0.353. The van der Waals surface area contributed by atoms with Gasteiger partial charge in [0.25, 0.3) is 0 Å². The largest absolute Gasteiger partial charge is 0.314 e. The predicted molar refractivity (Wildman–Crippen MR) is 76.5 cm³/mol. The number of piperidine rings is 1. The summed E-state index contributed by atoms with van der Waals surface area (Å²) in [6.45, 7) is 13.0. The van der Waals surface area contributed by atoms with E-state index < -0.39 is 0 Å². The van der Waals surface area contributed by atoms with Gasteiger partial charge in [-0.15, -0.1) is 0 Å². The summed E-state index contributed by atoms with van der Waals surface area (Å²) in [5.74, 6) is 0. The van der Waals surface area contributed by atoms with Crippen LogP contribution in [0.4, 0.5) is 0 Å². The molecular formula is C15H32N2. The van der Waals surface area contributed by atoms with E-state index in [0.29, 0.717) is 5.54 Å². The second kappa shape index (κ2) is 7.38. The molecule has 2 heteroatoms. The lowest BCUT2D eigenvalue weighted by atomic mass is 9.98. The van der Waals surface area contributed by atoms with Gasteiger partial charge in [-0.3, -0.25) is 4.90 Å². The van der Waals surface area contributed by atoms with Gasteiger partial charge in [-0.05, 0) is 46.6 Å². The SMILES string of the molecule is CCCCCCNC1CCN(C(C)(C)C)CC1. The highest BCUT2D eigenvalue weighted by Crippen LogP contribution is 2.19. The van der Waals surface area contributed by atoms with Gasteiger partial charge in [0.15, 0.2) is 0 Å². The molecule has 0 amide bonds. The van der Waals surface area contributed by atoms with Crippen LogP contribution < -0.4 is 5.32 Å². The standard InChI is InChI=1S/C15H32N2/c1-5-6-7-8-11-16-14-9-12-17(13-10-14)15(2,3)4/h14,16H,5-13H2,1-4H3. The van der Waals surface area contributed by atoms with Crippen LogP contribution in [0.5, 0.6) is 0 Å². The van der Waals surface area contributed by atoms with Crippen LogP contribution in [0, 0.1) is 0 Å². The Morgan fingerprint density at radius 2 is 1.71 bits per heavy atom. The van der Waals surface area contributed by atoms with Gasteiger partial charge in [0.05, 0.1) is 0 Å². The summed E-state index contributed by atoms with van der Waals surface area (Å²) in [6, 6.07) is 0.773. The molecule has 1 saturated heterocycles. The zero-order valence-electron chi connectivity index (χ0n) is 12.4. The van der Waals surface area contributed by atoms with E-state index >= 15 is 0 Å². The lowest BCUT2D eigenvalue weighted by Gasteiger charge is -2.41. The average Bonchev–Trinajstić information content (AvgIpc) is 2.28. The smallest absolute Gasteiger partial charge is 0.0125 e. The van der Waals surface area contributed by atoms with Gasteiger partial charge in [-0.2, -0.15) is 0 Å². The van der Waals surface area contributed by atoms with E-state index in [9.17, 15) is 0 Å². The first-order valence-electron chi connectivity index (χ1n) is 7.52. The molecule has 1 aliphatic heterocycles. The Morgan fingerprint density at radius 3 is 2.24 bits per heavy atom. The summed E-state index contributed by atoms with van der Waals surface area (Å²) in [5.41, 5.74) is 0.353. The van der Waals surface area contributed by atoms with Crippen molar-refractivity contribution in [1.29, 1.82) is 0 Å². The minimum absolute atomic E-state index is 0.353. The molecule has 0 bridgehead atoms. The van der Waals surface area contributed by atoms with Crippen molar-refractivity contribution in [2.24, 2.45) is 0 Å². The maximum atomic E-state index is 3.73. The van der Waals surface area contributed by atoms with Gasteiger partial charge in [-0.25, -0.2) is 0 Å². The van der Waals surface area contributed by atoms with E-state index in [1.54, 1.807) is 0 Å². The second-order valence-electron chi connectivity index (χ2n) is 6.45. The highest BCUT2D eigenvalue weighted by molar-refractivity contribution is 4.84. The highest BCUT2D eigenvalue weighted by atomic mass is 15.2. The van der Waals surface area contributed by atoms with Crippen LogP contribution in [-0.4, -0.2) is 36.1 Å². The number of hydrogen-bond acceptors (Lipinski definition) is 2. The Hall–Kier alpha value is -0.0800. The molecule has 17 heavy (non-hydrogen) atoms. The molecule has 1 rings (SSSR count). The fourth-order valence-corrected chi connectivity index (χ4v) is 2.61. The molecule has 0 unspecified atom stereocenters. The van der Waals surface area contributed by atoms with Crippen LogP contribution in [0.3, 0.4) is 0 Å². The molecule has 0 aliphatic carbocycles. The Kier molecular flexibility index (Phi) is 6.50. The third-order valence-electron chi connectivity index (χ3n) is 3.91. The maximum Gasteiger partial charge on any atom is 0.0125 e. The van der Waals surface area contributed by atoms with Gasteiger partial charge >= 0.3 is 0 Å². The van der Waals surface area contributed by atoms with Crippen molar-refractivity contribution in [3.05, 3.63) is 0 Å². The molecular weight excluding hydrogens is 208 g/mol. The van der Waals surface area contributed by atoms with E-state index in [2.05, 4.69) is 37.9 Å². The van der Waals surface area contributed by atoms with Crippen LogP contribution >= 0.6 is 0 Å². The zero-order chi connectivity index (χ0) is 12.7. The number of rotatable bonds is 6. The molecule has 0 atom stereocenters. The predicted octanol–water partition coefficient (Wildman–Crippen LogP) is 3.42. The maximum absolute atomic E-state index is 3.73. The monoisotopic (exact) mass is 240 g/mol. The molecule has 1 fully saturated rings. The van der Waals surface area contributed by atoms with Crippen molar-refractivity contribution >= 4 is 0 Å². The summed E-state index contributed by atoms with van der Waals surface area (Å²) >= 11 is 0. The molecule has 0 saturated carbocycles. The number of nitrogens with one attached hydrogen (secondary N) is 1. The van der Waals surface area contributed by atoms with Crippen LogP contribution in [-0.2, 0) is 0 Å². The molecule has 0 spiro atoms. The Labute approximate surface area is 108 Å². The van der Waals surface area contributed by atoms with E-state index in [1.807, 2.05) is 0 Å². The quantitative estimate of drug-likeness (QED) is 0.716. The molecule has 1 N–H and O–H groups in total. The van der Waals surface area contributed by atoms with Gasteiger partial charge in [-0.1, -0.05) is 26.2 Å². The van der Waals surface area contributed by atoms with E-state index in [0.717, 1.165) is 6.04 Å². The molecule has 0 aromatic heterocycles. The van der Waals surface area contributed by atoms with Crippen molar-refractivity contribution in [2.75, 3.05) is 19.6 Å². The van der Waals surface area contributed by atoms with E-state index in [-0.39, 0.29) is 0 Å². The van der Waals surface area contributed by atoms with Gasteiger partial charge in [0, 0.05) is 24.7 Å². The van der Waals surface area contributed by atoms with Crippen LogP contribution in [0.1, 0.15) is 66.2 Å². The zero-order valence-corrected chi connectivity index (χ0v) is 12.4. The summed E-state index contributed by atoms with van der Waals surface area (Å²) in [4.78, 5) is 2.61. The normalized spacial score (nSPS) is 19.8. The fourth-order valence-electron chi connectivity index (χ4n) is 2.61.